The van der Waals surface area contributed by atoms with Gasteiger partial charge in [-0.05, 0) is 54.8 Å². The second-order valence-corrected chi connectivity index (χ2v) is 7.12. The average Bonchev–Trinajstić information content (AvgIpc) is 2.70. The molecular formula is C23H23N3O4. The highest BCUT2D eigenvalue weighted by Gasteiger charge is 2.20. The minimum atomic E-state index is -1.15. The third-order valence-electron chi connectivity index (χ3n) is 4.82. The SMILES string of the molecule is Cc1cccc(C)c1NC(=O)Nc1cc2ccccc2cc1C(=O)N[C@@H](C)C(=O)O. The van der Waals surface area contributed by atoms with Gasteiger partial charge in [0.2, 0.25) is 0 Å². The van der Waals surface area contributed by atoms with E-state index < -0.39 is 23.9 Å². The Hall–Kier alpha value is -3.87. The fourth-order valence-corrected chi connectivity index (χ4v) is 3.15. The predicted octanol–water partition coefficient (Wildman–Crippen LogP) is 4.30. The molecule has 0 fully saturated rings. The molecule has 30 heavy (non-hydrogen) atoms. The molecule has 0 bridgehead atoms. The van der Waals surface area contributed by atoms with E-state index in [9.17, 15) is 14.4 Å². The van der Waals surface area contributed by atoms with E-state index in [2.05, 4.69) is 16.0 Å². The number of aryl methyl sites for hydroxylation is 2. The molecule has 3 rings (SSSR count). The number of fused-ring (bicyclic) bond motifs is 1. The lowest BCUT2D eigenvalue weighted by Crippen LogP contribution is -2.38. The summed E-state index contributed by atoms with van der Waals surface area (Å²) < 4.78 is 0. The Kier molecular flexibility index (Phi) is 6.01. The monoisotopic (exact) mass is 405 g/mol. The summed E-state index contributed by atoms with van der Waals surface area (Å²) in [6, 6.07) is 14.9. The van der Waals surface area contributed by atoms with Crippen molar-refractivity contribution in [2.24, 2.45) is 0 Å². The maximum atomic E-state index is 12.7. The third kappa shape index (κ3) is 4.57. The maximum absolute atomic E-state index is 12.7. The summed E-state index contributed by atoms with van der Waals surface area (Å²) in [6.45, 7) is 5.16. The topological polar surface area (TPSA) is 108 Å². The standard InChI is InChI=1S/C23H23N3O4/c1-13-7-6-8-14(2)20(13)26-23(30)25-19-12-17-10-5-4-9-16(17)11-18(19)21(27)24-15(3)22(28)29/h4-12,15H,1-3H3,(H,24,27)(H,28,29)(H2,25,26,30)/t15-/m0/s1. The molecule has 0 aliphatic heterocycles. The number of carbonyl (C=O) groups excluding carboxylic acids is 2. The molecule has 0 heterocycles. The smallest absolute Gasteiger partial charge is 0.325 e. The number of carbonyl (C=O) groups is 3. The Labute approximate surface area is 174 Å². The summed E-state index contributed by atoms with van der Waals surface area (Å²) in [5.41, 5.74) is 2.99. The van der Waals surface area contributed by atoms with Crippen molar-refractivity contribution in [3.8, 4) is 0 Å². The van der Waals surface area contributed by atoms with E-state index in [-0.39, 0.29) is 11.3 Å². The molecule has 0 spiro atoms. The first kappa shape index (κ1) is 20.9. The Bertz CT molecular complexity index is 1120. The number of aliphatic carboxylic acids is 1. The van der Waals surface area contributed by atoms with Gasteiger partial charge in [-0.2, -0.15) is 0 Å². The van der Waals surface area contributed by atoms with Crippen LogP contribution in [0.4, 0.5) is 16.2 Å². The summed E-state index contributed by atoms with van der Waals surface area (Å²) in [5, 5.41) is 18.7. The van der Waals surface area contributed by atoms with Crippen LogP contribution in [0.15, 0.2) is 54.6 Å². The van der Waals surface area contributed by atoms with Crippen molar-refractivity contribution in [3.63, 3.8) is 0 Å². The summed E-state index contributed by atoms with van der Waals surface area (Å²) in [7, 11) is 0. The highest BCUT2D eigenvalue weighted by Crippen LogP contribution is 2.25. The number of amides is 3. The van der Waals surface area contributed by atoms with Crippen molar-refractivity contribution in [1.29, 1.82) is 0 Å². The number of nitrogens with one attached hydrogen (secondary N) is 3. The normalized spacial score (nSPS) is 11.6. The molecule has 0 saturated heterocycles. The summed E-state index contributed by atoms with van der Waals surface area (Å²) in [5.74, 6) is -1.73. The van der Waals surface area contributed by atoms with Gasteiger partial charge in [-0.1, -0.05) is 42.5 Å². The molecule has 0 unspecified atom stereocenters. The molecule has 3 amide bonds. The molecule has 7 heteroatoms. The zero-order valence-electron chi connectivity index (χ0n) is 16.9. The van der Waals surface area contributed by atoms with E-state index >= 15 is 0 Å². The molecule has 3 aromatic rings. The van der Waals surface area contributed by atoms with Crippen LogP contribution in [-0.2, 0) is 4.79 Å². The molecule has 3 aromatic carbocycles. The van der Waals surface area contributed by atoms with Crippen LogP contribution in [0.25, 0.3) is 10.8 Å². The van der Waals surface area contributed by atoms with Gasteiger partial charge in [-0.25, -0.2) is 4.79 Å². The lowest BCUT2D eigenvalue weighted by molar-refractivity contribution is -0.138. The predicted molar refractivity (Wildman–Crippen MR) is 117 cm³/mol. The molecule has 0 aromatic heterocycles. The maximum Gasteiger partial charge on any atom is 0.325 e. The summed E-state index contributed by atoms with van der Waals surface area (Å²) >= 11 is 0. The van der Waals surface area contributed by atoms with Crippen LogP contribution < -0.4 is 16.0 Å². The Morgan fingerprint density at radius 1 is 0.867 bits per heavy atom. The molecule has 0 radical (unpaired) electrons. The lowest BCUT2D eigenvalue weighted by atomic mass is 10.0. The van der Waals surface area contributed by atoms with Gasteiger partial charge in [0, 0.05) is 5.69 Å². The Morgan fingerprint density at radius 2 is 1.47 bits per heavy atom. The second-order valence-electron chi connectivity index (χ2n) is 7.12. The third-order valence-corrected chi connectivity index (χ3v) is 4.82. The fraction of sp³-hybridized carbons (Fsp3) is 0.174. The highest BCUT2D eigenvalue weighted by molar-refractivity contribution is 6.10. The molecular weight excluding hydrogens is 382 g/mol. The van der Waals surface area contributed by atoms with Gasteiger partial charge >= 0.3 is 12.0 Å². The minimum absolute atomic E-state index is 0.179. The van der Waals surface area contributed by atoms with Crippen LogP contribution in [0.5, 0.6) is 0 Å². The zero-order chi connectivity index (χ0) is 21.8. The molecule has 154 valence electrons. The van der Waals surface area contributed by atoms with Gasteiger partial charge in [0.25, 0.3) is 5.91 Å². The first-order valence-corrected chi connectivity index (χ1v) is 9.47. The van der Waals surface area contributed by atoms with Gasteiger partial charge < -0.3 is 21.1 Å². The summed E-state index contributed by atoms with van der Waals surface area (Å²) in [4.78, 5) is 36.5. The van der Waals surface area contributed by atoms with Gasteiger partial charge in [0.1, 0.15) is 6.04 Å². The number of hydrogen-bond donors (Lipinski definition) is 4. The first-order chi connectivity index (χ1) is 14.3. The van der Waals surface area contributed by atoms with Gasteiger partial charge in [0.15, 0.2) is 0 Å². The van der Waals surface area contributed by atoms with Crippen LogP contribution in [0.3, 0.4) is 0 Å². The minimum Gasteiger partial charge on any atom is -0.480 e. The van der Waals surface area contributed by atoms with Crippen LogP contribution >= 0.6 is 0 Å². The first-order valence-electron chi connectivity index (χ1n) is 9.47. The second kappa shape index (κ2) is 8.65. The van der Waals surface area contributed by atoms with E-state index in [0.717, 1.165) is 21.9 Å². The van der Waals surface area contributed by atoms with E-state index in [1.54, 1.807) is 12.1 Å². The fourth-order valence-electron chi connectivity index (χ4n) is 3.15. The van der Waals surface area contributed by atoms with Gasteiger partial charge in [-0.3, -0.25) is 9.59 Å². The molecule has 1 atom stereocenters. The Balaban J connectivity index is 1.94. The number of urea groups is 1. The number of para-hydroxylation sites is 1. The van der Waals surface area contributed by atoms with E-state index in [1.807, 2.05) is 56.3 Å². The van der Waals surface area contributed by atoms with Gasteiger partial charge in [0.05, 0.1) is 11.3 Å². The number of carboxylic acids is 1. The van der Waals surface area contributed by atoms with Crippen molar-refractivity contribution >= 4 is 40.1 Å². The van der Waals surface area contributed by atoms with Crippen molar-refractivity contribution in [2.75, 3.05) is 10.6 Å². The Morgan fingerprint density at radius 3 is 2.07 bits per heavy atom. The zero-order valence-corrected chi connectivity index (χ0v) is 16.9. The van der Waals surface area contributed by atoms with Crippen molar-refractivity contribution in [1.82, 2.24) is 5.32 Å². The number of hydrogen-bond acceptors (Lipinski definition) is 3. The largest absolute Gasteiger partial charge is 0.480 e. The van der Waals surface area contributed by atoms with Crippen LogP contribution in [0, 0.1) is 13.8 Å². The quantitative estimate of drug-likeness (QED) is 0.507. The van der Waals surface area contributed by atoms with Crippen molar-refractivity contribution < 1.29 is 19.5 Å². The van der Waals surface area contributed by atoms with Gasteiger partial charge in [-0.15, -0.1) is 0 Å². The van der Waals surface area contributed by atoms with E-state index in [4.69, 9.17) is 5.11 Å². The average molecular weight is 405 g/mol. The van der Waals surface area contributed by atoms with E-state index in [1.165, 1.54) is 6.92 Å². The van der Waals surface area contributed by atoms with Crippen LogP contribution in [0.1, 0.15) is 28.4 Å². The number of rotatable bonds is 5. The molecule has 7 nitrogen and oxygen atoms in total. The molecule has 0 aliphatic rings. The highest BCUT2D eigenvalue weighted by atomic mass is 16.4. The van der Waals surface area contributed by atoms with E-state index in [0.29, 0.717) is 5.69 Å². The summed E-state index contributed by atoms with van der Waals surface area (Å²) in [6.07, 6.45) is 0. The lowest BCUT2D eigenvalue weighted by Gasteiger charge is -2.16. The van der Waals surface area contributed by atoms with Crippen LogP contribution in [-0.4, -0.2) is 29.1 Å². The number of benzene rings is 3. The van der Waals surface area contributed by atoms with Crippen LogP contribution in [0.2, 0.25) is 0 Å². The number of carboxylic acid groups (broad SMARTS) is 1. The van der Waals surface area contributed by atoms with Crippen molar-refractivity contribution in [2.45, 2.75) is 26.8 Å². The molecule has 0 aliphatic carbocycles. The molecule has 4 N–H and O–H groups in total. The molecule has 0 saturated carbocycles. The van der Waals surface area contributed by atoms with Crippen molar-refractivity contribution in [3.05, 3.63) is 71.3 Å². The number of anilines is 2.